The zero-order valence-electron chi connectivity index (χ0n) is 19.6. The van der Waals surface area contributed by atoms with Gasteiger partial charge in [-0.3, -0.25) is 13.9 Å². The van der Waals surface area contributed by atoms with Gasteiger partial charge in [0.05, 0.1) is 17.0 Å². The second-order valence-electron chi connectivity index (χ2n) is 8.90. The van der Waals surface area contributed by atoms with E-state index in [1.54, 1.807) is 31.2 Å². The second kappa shape index (κ2) is 10.9. The fourth-order valence-corrected chi connectivity index (χ4v) is 4.33. The second-order valence-corrected chi connectivity index (χ2v) is 11.6. The number of benzene rings is 2. The highest BCUT2D eigenvalue weighted by Gasteiger charge is 2.31. The minimum atomic E-state index is -3.95. The van der Waals surface area contributed by atoms with Gasteiger partial charge in [-0.05, 0) is 57.5 Å². The molecular formula is C23H28Cl2FN3O4S. The summed E-state index contributed by atoms with van der Waals surface area (Å²) >= 11 is 12.1. The Hall–Kier alpha value is -2.36. The third kappa shape index (κ3) is 7.58. The van der Waals surface area contributed by atoms with E-state index in [2.05, 4.69) is 5.32 Å². The van der Waals surface area contributed by atoms with E-state index in [1.165, 1.54) is 11.0 Å². The minimum absolute atomic E-state index is 0.0201. The number of anilines is 1. The minimum Gasteiger partial charge on any atom is -0.350 e. The Morgan fingerprint density at radius 3 is 2.24 bits per heavy atom. The molecule has 0 radical (unpaired) electrons. The molecule has 0 heterocycles. The maximum Gasteiger partial charge on any atom is 0.244 e. The largest absolute Gasteiger partial charge is 0.350 e. The third-order valence-corrected chi connectivity index (χ3v) is 6.63. The number of hydrogen-bond donors (Lipinski definition) is 1. The summed E-state index contributed by atoms with van der Waals surface area (Å²) in [5.41, 5.74) is 0.0593. The predicted octanol–water partition coefficient (Wildman–Crippen LogP) is 4.23. The topological polar surface area (TPSA) is 86.8 Å². The van der Waals surface area contributed by atoms with Crippen LogP contribution >= 0.6 is 23.2 Å². The molecular weight excluding hydrogens is 504 g/mol. The Labute approximate surface area is 209 Å². The quantitative estimate of drug-likeness (QED) is 0.552. The van der Waals surface area contributed by atoms with Crippen molar-refractivity contribution in [1.82, 2.24) is 10.2 Å². The summed E-state index contributed by atoms with van der Waals surface area (Å²) in [4.78, 5) is 27.6. The average Bonchev–Trinajstić information content (AvgIpc) is 2.70. The van der Waals surface area contributed by atoms with E-state index in [0.29, 0.717) is 10.6 Å². The molecule has 0 saturated carbocycles. The summed E-state index contributed by atoms with van der Waals surface area (Å²) < 4.78 is 39.5. The van der Waals surface area contributed by atoms with E-state index in [1.807, 2.05) is 20.8 Å². The molecule has 1 atom stereocenters. The molecule has 0 aliphatic carbocycles. The van der Waals surface area contributed by atoms with E-state index in [-0.39, 0.29) is 17.3 Å². The lowest BCUT2D eigenvalue weighted by Gasteiger charge is -2.33. The van der Waals surface area contributed by atoms with Gasteiger partial charge in [-0.25, -0.2) is 12.8 Å². The molecule has 11 heteroatoms. The van der Waals surface area contributed by atoms with Crippen molar-refractivity contribution in [1.29, 1.82) is 0 Å². The van der Waals surface area contributed by atoms with Crippen molar-refractivity contribution in [2.75, 3.05) is 17.1 Å². The molecule has 0 bridgehead atoms. The van der Waals surface area contributed by atoms with Gasteiger partial charge in [0.15, 0.2) is 0 Å². The van der Waals surface area contributed by atoms with Crippen LogP contribution in [0.5, 0.6) is 0 Å². The van der Waals surface area contributed by atoms with Crippen LogP contribution in [0, 0.1) is 5.82 Å². The molecule has 0 aliphatic rings. The number of carbonyl (C=O) groups is 2. The maximum atomic E-state index is 13.6. The van der Waals surface area contributed by atoms with E-state index >= 15 is 0 Å². The van der Waals surface area contributed by atoms with E-state index in [0.717, 1.165) is 22.7 Å². The molecule has 0 fully saturated rings. The van der Waals surface area contributed by atoms with Crippen LogP contribution in [0.15, 0.2) is 42.5 Å². The molecule has 1 N–H and O–H groups in total. The van der Waals surface area contributed by atoms with Gasteiger partial charge in [0.1, 0.15) is 18.4 Å². The summed E-state index contributed by atoms with van der Waals surface area (Å²) in [6.07, 6.45) is 0.922. The normalized spacial score (nSPS) is 12.7. The van der Waals surface area contributed by atoms with Gasteiger partial charge in [0.25, 0.3) is 0 Å². The maximum absolute atomic E-state index is 13.6. The van der Waals surface area contributed by atoms with Crippen LogP contribution in [-0.4, -0.2) is 49.5 Å². The summed E-state index contributed by atoms with van der Waals surface area (Å²) in [7, 11) is -3.95. The first-order valence-electron chi connectivity index (χ1n) is 10.4. The molecule has 2 aromatic carbocycles. The van der Waals surface area contributed by atoms with Gasteiger partial charge in [-0.1, -0.05) is 41.4 Å². The molecule has 2 rings (SSSR count). The van der Waals surface area contributed by atoms with Gasteiger partial charge in [-0.15, -0.1) is 0 Å². The molecule has 186 valence electrons. The van der Waals surface area contributed by atoms with Crippen molar-refractivity contribution in [3.05, 3.63) is 63.9 Å². The molecule has 2 aromatic rings. The molecule has 2 amide bonds. The number of nitrogens with zero attached hydrogens (tertiary/aromatic N) is 2. The van der Waals surface area contributed by atoms with E-state index in [9.17, 15) is 22.4 Å². The number of rotatable bonds is 8. The van der Waals surface area contributed by atoms with Crippen LogP contribution < -0.4 is 9.62 Å². The number of halogens is 3. The lowest BCUT2D eigenvalue weighted by Crippen LogP contribution is -2.54. The van der Waals surface area contributed by atoms with Crippen LogP contribution in [0.4, 0.5) is 10.1 Å². The van der Waals surface area contributed by atoms with Gasteiger partial charge < -0.3 is 10.2 Å². The van der Waals surface area contributed by atoms with Crippen LogP contribution in [-0.2, 0) is 26.2 Å². The number of carbonyl (C=O) groups excluding carboxylic acids is 2. The standard InChI is InChI=1S/C23H28Cl2FN3O4S/c1-15(22(31)27-23(2,3)4)28(13-16-8-6-7-9-18(16)24)21(30)14-29(34(5,32)33)17-10-11-20(26)19(25)12-17/h6-12,15H,13-14H2,1-5H3,(H,27,31)/t15-/m1/s1. The van der Waals surface area contributed by atoms with E-state index in [4.69, 9.17) is 23.2 Å². The zero-order valence-corrected chi connectivity index (χ0v) is 21.9. The Balaban J connectivity index is 2.44. The number of sulfonamides is 1. The van der Waals surface area contributed by atoms with Gasteiger partial charge >= 0.3 is 0 Å². The first kappa shape index (κ1) is 27.9. The zero-order chi connectivity index (χ0) is 25.8. The Morgan fingerprint density at radius 2 is 1.71 bits per heavy atom. The van der Waals surface area contributed by atoms with Crippen LogP contribution in [0.1, 0.15) is 33.3 Å². The highest BCUT2D eigenvalue weighted by Crippen LogP contribution is 2.25. The van der Waals surface area contributed by atoms with Crippen LogP contribution in [0.3, 0.4) is 0 Å². The molecule has 0 unspecified atom stereocenters. The first-order chi connectivity index (χ1) is 15.6. The fraction of sp³-hybridized carbons (Fsp3) is 0.391. The predicted molar refractivity (Wildman–Crippen MR) is 133 cm³/mol. The summed E-state index contributed by atoms with van der Waals surface area (Å²) in [6, 6.07) is 9.25. The van der Waals surface area contributed by atoms with Crippen molar-refractivity contribution in [3.8, 4) is 0 Å². The number of nitrogens with one attached hydrogen (secondary N) is 1. The smallest absolute Gasteiger partial charge is 0.244 e. The van der Waals surface area contributed by atoms with Crippen LogP contribution in [0.2, 0.25) is 10.0 Å². The molecule has 0 aliphatic heterocycles. The molecule has 0 aromatic heterocycles. The number of amides is 2. The van der Waals surface area contributed by atoms with Crippen molar-refractivity contribution < 1.29 is 22.4 Å². The van der Waals surface area contributed by atoms with Crippen molar-refractivity contribution in [2.24, 2.45) is 0 Å². The molecule has 0 spiro atoms. The van der Waals surface area contributed by atoms with Crippen molar-refractivity contribution in [3.63, 3.8) is 0 Å². The summed E-state index contributed by atoms with van der Waals surface area (Å²) in [5.74, 6) is -1.79. The monoisotopic (exact) mass is 531 g/mol. The van der Waals surface area contributed by atoms with Gasteiger partial charge in [0, 0.05) is 17.1 Å². The summed E-state index contributed by atoms with van der Waals surface area (Å²) in [6.45, 7) is 6.32. The number of hydrogen-bond acceptors (Lipinski definition) is 4. The highest BCUT2D eigenvalue weighted by molar-refractivity contribution is 7.92. The molecule has 34 heavy (non-hydrogen) atoms. The van der Waals surface area contributed by atoms with Crippen molar-refractivity contribution >= 4 is 50.7 Å². The highest BCUT2D eigenvalue weighted by atomic mass is 35.5. The Morgan fingerprint density at radius 1 is 1.09 bits per heavy atom. The van der Waals surface area contributed by atoms with Gasteiger partial charge in [0.2, 0.25) is 21.8 Å². The van der Waals surface area contributed by atoms with Crippen molar-refractivity contribution in [2.45, 2.75) is 45.8 Å². The Bertz CT molecular complexity index is 1170. The first-order valence-corrected chi connectivity index (χ1v) is 13.0. The lowest BCUT2D eigenvalue weighted by atomic mass is 10.1. The average molecular weight is 532 g/mol. The molecule has 0 saturated heterocycles. The summed E-state index contributed by atoms with van der Waals surface area (Å²) in [5, 5.41) is 2.94. The van der Waals surface area contributed by atoms with Gasteiger partial charge in [-0.2, -0.15) is 0 Å². The SMILES string of the molecule is C[C@H](C(=O)NC(C)(C)C)N(Cc1ccccc1Cl)C(=O)CN(c1ccc(F)c(Cl)c1)S(C)(=O)=O. The third-order valence-electron chi connectivity index (χ3n) is 4.83. The Kier molecular flexibility index (Phi) is 8.96. The van der Waals surface area contributed by atoms with E-state index < -0.39 is 45.8 Å². The van der Waals surface area contributed by atoms with Crippen LogP contribution in [0.25, 0.3) is 0 Å². The fourth-order valence-electron chi connectivity index (χ4n) is 3.12. The lowest BCUT2D eigenvalue weighted by molar-refractivity contribution is -0.140. The molecule has 7 nitrogen and oxygen atoms in total.